The van der Waals surface area contributed by atoms with E-state index < -0.39 is 0 Å². The van der Waals surface area contributed by atoms with E-state index in [2.05, 4.69) is 22.4 Å². The minimum atomic E-state index is 0. The molecule has 0 radical (unpaired) electrons. The van der Waals surface area contributed by atoms with Gasteiger partial charge in [-0.15, -0.1) is 24.8 Å². The average Bonchev–Trinajstić information content (AvgIpc) is 2.97. The number of aromatic nitrogens is 2. The van der Waals surface area contributed by atoms with Gasteiger partial charge in [0.1, 0.15) is 0 Å². The fourth-order valence-electron chi connectivity index (χ4n) is 2.66. The van der Waals surface area contributed by atoms with Crippen molar-refractivity contribution < 1.29 is 4.52 Å². The molecular weight excluding hydrogens is 323 g/mol. The zero-order chi connectivity index (χ0) is 13.9. The van der Waals surface area contributed by atoms with Crippen LogP contribution in [0.15, 0.2) is 28.8 Å². The van der Waals surface area contributed by atoms with Crippen LogP contribution in [-0.2, 0) is 6.54 Å². The fraction of sp³-hybridized carbons (Fsp3) is 0.467. The van der Waals surface area contributed by atoms with E-state index in [1.807, 2.05) is 24.3 Å². The Morgan fingerprint density at radius 1 is 1.27 bits per heavy atom. The lowest BCUT2D eigenvalue weighted by Crippen LogP contribution is -2.34. The molecule has 0 aliphatic carbocycles. The molecule has 1 saturated heterocycles. The Morgan fingerprint density at radius 2 is 2.00 bits per heavy atom. The predicted molar refractivity (Wildman–Crippen MR) is 91.6 cm³/mol. The van der Waals surface area contributed by atoms with Gasteiger partial charge in [0, 0.05) is 24.1 Å². The van der Waals surface area contributed by atoms with Crippen molar-refractivity contribution >= 4 is 24.8 Å². The minimum Gasteiger partial charge on any atom is -0.339 e. The van der Waals surface area contributed by atoms with Crippen molar-refractivity contribution in [1.29, 1.82) is 0 Å². The fourth-order valence-corrected chi connectivity index (χ4v) is 2.66. The van der Waals surface area contributed by atoms with Gasteiger partial charge in [-0.05, 0) is 31.9 Å². The van der Waals surface area contributed by atoms with Crippen LogP contribution in [0.25, 0.3) is 11.4 Å². The molecule has 1 aliphatic heterocycles. The van der Waals surface area contributed by atoms with Gasteiger partial charge in [-0.2, -0.15) is 4.98 Å². The summed E-state index contributed by atoms with van der Waals surface area (Å²) in [5.74, 6) is 1.79. The van der Waals surface area contributed by atoms with E-state index in [1.54, 1.807) is 0 Å². The van der Waals surface area contributed by atoms with E-state index in [9.17, 15) is 0 Å². The number of nitrogens with zero attached hydrogens (tertiary/aromatic N) is 2. The van der Waals surface area contributed by atoms with Gasteiger partial charge in [0.25, 0.3) is 0 Å². The van der Waals surface area contributed by atoms with Gasteiger partial charge in [0.2, 0.25) is 11.7 Å². The molecule has 122 valence electrons. The molecular formula is C15H22Cl2N4O. The average molecular weight is 345 g/mol. The normalized spacial score (nSPS) is 20.8. The van der Waals surface area contributed by atoms with Gasteiger partial charge in [0.05, 0.1) is 0 Å². The van der Waals surface area contributed by atoms with Gasteiger partial charge in [0.15, 0.2) is 0 Å². The molecule has 22 heavy (non-hydrogen) atoms. The lowest BCUT2D eigenvalue weighted by atomic mass is 9.93. The highest BCUT2D eigenvalue weighted by Crippen LogP contribution is 2.28. The summed E-state index contributed by atoms with van der Waals surface area (Å²) in [5.41, 5.74) is 7.67. The maximum absolute atomic E-state index is 5.60. The lowest BCUT2D eigenvalue weighted by Gasteiger charge is -2.25. The van der Waals surface area contributed by atoms with Gasteiger partial charge in [-0.1, -0.05) is 29.4 Å². The summed E-state index contributed by atoms with van der Waals surface area (Å²) >= 11 is 0. The Balaban J connectivity index is 0.00000121. The molecule has 1 aromatic carbocycles. The van der Waals surface area contributed by atoms with E-state index in [0.29, 0.717) is 24.3 Å². The van der Waals surface area contributed by atoms with Crippen LogP contribution in [0.3, 0.4) is 0 Å². The predicted octanol–water partition coefficient (Wildman–Crippen LogP) is 2.89. The van der Waals surface area contributed by atoms with Gasteiger partial charge in [-0.25, -0.2) is 0 Å². The number of benzene rings is 1. The molecule has 0 bridgehead atoms. The second-order valence-corrected chi connectivity index (χ2v) is 5.43. The Kier molecular flexibility index (Phi) is 7.29. The highest BCUT2D eigenvalue weighted by molar-refractivity contribution is 5.85. The topological polar surface area (TPSA) is 77.0 Å². The largest absolute Gasteiger partial charge is 0.339 e. The van der Waals surface area contributed by atoms with Gasteiger partial charge >= 0.3 is 0 Å². The smallest absolute Gasteiger partial charge is 0.230 e. The zero-order valence-electron chi connectivity index (χ0n) is 12.5. The van der Waals surface area contributed by atoms with Crippen molar-refractivity contribution in [2.45, 2.75) is 38.3 Å². The summed E-state index contributed by atoms with van der Waals surface area (Å²) < 4.78 is 5.45. The van der Waals surface area contributed by atoms with E-state index >= 15 is 0 Å². The first-order chi connectivity index (χ1) is 9.76. The lowest BCUT2D eigenvalue weighted by molar-refractivity contribution is 0.295. The minimum absolute atomic E-state index is 0. The number of nitrogens with two attached hydrogens (primary N) is 1. The Bertz CT molecular complexity index is 573. The van der Waals surface area contributed by atoms with Crippen LogP contribution in [-0.4, -0.2) is 22.7 Å². The van der Waals surface area contributed by atoms with Crippen molar-refractivity contribution in [3.05, 3.63) is 35.7 Å². The third-order valence-corrected chi connectivity index (χ3v) is 3.86. The number of hydrogen-bond acceptors (Lipinski definition) is 5. The summed E-state index contributed by atoms with van der Waals surface area (Å²) in [5, 5.41) is 7.54. The molecule has 1 aliphatic rings. The van der Waals surface area contributed by atoms with Crippen molar-refractivity contribution in [3.8, 4) is 11.4 Å². The molecule has 2 heterocycles. The highest BCUT2D eigenvalue weighted by Gasteiger charge is 2.25. The van der Waals surface area contributed by atoms with Crippen LogP contribution in [0.1, 0.15) is 37.1 Å². The molecule has 3 N–H and O–H groups in total. The number of piperidine rings is 1. The third-order valence-electron chi connectivity index (χ3n) is 3.86. The highest BCUT2D eigenvalue weighted by atomic mass is 35.5. The molecule has 1 fully saturated rings. The van der Waals surface area contributed by atoms with E-state index in [-0.39, 0.29) is 24.8 Å². The van der Waals surface area contributed by atoms with Gasteiger partial charge in [-0.3, -0.25) is 0 Å². The van der Waals surface area contributed by atoms with Crippen LogP contribution in [0.5, 0.6) is 0 Å². The van der Waals surface area contributed by atoms with Crippen LogP contribution >= 0.6 is 24.8 Å². The maximum atomic E-state index is 5.60. The maximum Gasteiger partial charge on any atom is 0.230 e. The van der Waals surface area contributed by atoms with Crippen molar-refractivity contribution in [2.75, 3.05) is 6.54 Å². The monoisotopic (exact) mass is 344 g/mol. The van der Waals surface area contributed by atoms with E-state index in [1.165, 1.54) is 0 Å². The zero-order valence-corrected chi connectivity index (χ0v) is 14.1. The van der Waals surface area contributed by atoms with Crippen LogP contribution in [0, 0.1) is 0 Å². The molecule has 0 amide bonds. The van der Waals surface area contributed by atoms with Crippen LogP contribution in [0.2, 0.25) is 0 Å². The van der Waals surface area contributed by atoms with Crippen LogP contribution in [0.4, 0.5) is 0 Å². The molecule has 2 atom stereocenters. The Hall–Kier alpha value is -1.14. The molecule has 3 rings (SSSR count). The van der Waals surface area contributed by atoms with Crippen LogP contribution < -0.4 is 11.1 Å². The molecule has 0 unspecified atom stereocenters. The summed E-state index contributed by atoms with van der Waals surface area (Å²) in [7, 11) is 0. The summed E-state index contributed by atoms with van der Waals surface area (Å²) in [6, 6.07) is 8.48. The quantitative estimate of drug-likeness (QED) is 0.894. The second kappa shape index (κ2) is 8.48. The SMILES string of the molecule is C[C@H]1C[C@@H](c2nc(-c3ccc(CN)cc3)no2)CCN1.Cl.Cl. The molecule has 5 nitrogen and oxygen atoms in total. The number of nitrogens with one attached hydrogen (secondary N) is 1. The first kappa shape index (κ1) is 18.9. The van der Waals surface area contributed by atoms with Gasteiger partial charge < -0.3 is 15.6 Å². The Morgan fingerprint density at radius 3 is 2.64 bits per heavy atom. The number of hydrogen-bond donors (Lipinski definition) is 2. The molecule has 0 spiro atoms. The Labute approximate surface area is 142 Å². The molecule has 1 aromatic heterocycles. The summed E-state index contributed by atoms with van der Waals surface area (Å²) in [4.78, 5) is 4.56. The second-order valence-electron chi connectivity index (χ2n) is 5.43. The van der Waals surface area contributed by atoms with E-state index in [4.69, 9.17) is 10.3 Å². The standard InChI is InChI=1S/C15H20N4O.2ClH/c1-10-8-13(6-7-17-10)15-18-14(19-20-15)12-4-2-11(9-16)3-5-12;;/h2-5,10,13,17H,6-9,16H2,1H3;2*1H/t10-,13-;;/m0../s1. The van der Waals surface area contributed by atoms with E-state index in [0.717, 1.165) is 36.4 Å². The number of halogens is 2. The van der Waals surface area contributed by atoms with Crippen molar-refractivity contribution in [3.63, 3.8) is 0 Å². The third kappa shape index (κ3) is 4.20. The summed E-state index contributed by atoms with van der Waals surface area (Å²) in [6.07, 6.45) is 2.10. The van der Waals surface area contributed by atoms with Crippen molar-refractivity contribution in [1.82, 2.24) is 15.5 Å². The molecule has 7 heteroatoms. The molecule has 0 saturated carbocycles. The molecule has 2 aromatic rings. The first-order valence-electron chi connectivity index (χ1n) is 7.12. The van der Waals surface area contributed by atoms with Crippen molar-refractivity contribution in [2.24, 2.45) is 5.73 Å². The first-order valence-corrected chi connectivity index (χ1v) is 7.12. The number of rotatable bonds is 3. The summed E-state index contributed by atoms with van der Waals surface area (Å²) in [6.45, 7) is 3.74.